The molecule has 67 heavy (non-hydrogen) atoms. The van der Waals surface area contributed by atoms with E-state index in [0.717, 1.165) is 95.9 Å². The maximum Gasteiger partial charge on any atom is 1.00 e. The Morgan fingerprint density at radius 2 is 0.761 bits per heavy atom. The second-order valence-electron chi connectivity index (χ2n) is 22.5. The van der Waals surface area contributed by atoms with Crippen LogP contribution < -0.4 is 87.0 Å². The van der Waals surface area contributed by atoms with Gasteiger partial charge in [-0.15, -0.1) is 0 Å². The van der Waals surface area contributed by atoms with E-state index in [1.807, 2.05) is 0 Å². The van der Waals surface area contributed by atoms with E-state index in [1.54, 1.807) is 0 Å². The predicted octanol–water partition coefficient (Wildman–Crippen LogP) is 8.60. The molecule has 0 fully saturated rings. The molecule has 0 saturated carbocycles. The van der Waals surface area contributed by atoms with E-state index in [2.05, 4.69) is 166 Å². The number of aryl methyl sites for hydroxylation is 4. The van der Waals surface area contributed by atoms with Crippen LogP contribution in [0.15, 0.2) is 48.5 Å². The fraction of sp³-hybridized carbons (Fsp3) is 0.564. The van der Waals surface area contributed by atoms with Gasteiger partial charge in [0.2, 0.25) is 0 Å². The third kappa shape index (κ3) is 14.8. The molecule has 6 rings (SSSR count). The minimum atomic E-state index is -4.66. The van der Waals surface area contributed by atoms with Crippen LogP contribution in [0.2, 0.25) is 0 Å². The summed E-state index contributed by atoms with van der Waals surface area (Å²) in [5.41, 5.74) is 11.0. The van der Waals surface area contributed by atoms with Gasteiger partial charge in [0.05, 0.1) is 0 Å². The summed E-state index contributed by atoms with van der Waals surface area (Å²) < 4.78 is 49.2. The number of unbranched alkanes of at least 4 members (excludes halogenated alkanes) is 2. The summed E-state index contributed by atoms with van der Waals surface area (Å²) in [4.78, 5) is 26.3. The smallest absolute Gasteiger partial charge is 0.736 e. The molecule has 0 N–H and O–H groups in total. The van der Waals surface area contributed by atoms with Crippen molar-refractivity contribution < 1.29 is 96.1 Å². The first kappa shape index (κ1) is 59.8. The van der Waals surface area contributed by atoms with Gasteiger partial charge in [-0.25, -0.2) is 9.13 Å². The molecule has 2 aliphatic heterocycles. The summed E-state index contributed by atoms with van der Waals surface area (Å²) in [6.07, 6.45) is 8.63. The summed E-state index contributed by atoms with van der Waals surface area (Å²) in [7, 11) is -9.28. The first-order chi connectivity index (χ1) is 29.9. The molecule has 358 valence electrons. The molecule has 2 heterocycles. The minimum Gasteiger partial charge on any atom is -0.736 e. The van der Waals surface area contributed by atoms with Crippen LogP contribution in [0.5, 0.6) is 23.0 Å². The van der Waals surface area contributed by atoms with Crippen molar-refractivity contribution in [3.8, 4) is 23.0 Å². The van der Waals surface area contributed by atoms with Crippen molar-refractivity contribution >= 4 is 15.6 Å². The second-order valence-corrected chi connectivity index (χ2v) is 25.0. The molecule has 4 aromatic carbocycles. The normalized spacial score (nSPS) is 17.7. The number of phosphoric ester groups is 2. The summed E-state index contributed by atoms with van der Waals surface area (Å²) in [5.74, 6) is 1.63. The van der Waals surface area contributed by atoms with E-state index in [0.29, 0.717) is 29.4 Å². The third-order valence-corrected chi connectivity index (χ3v) is 14.2. The fourth-order valence-corrected chi connectivity index (χ4v) is 10.6. The molecule has 0 aliphatic carbocycles. The van der Waals surface area contributed by atoms with Crippen LogP contribution >= 0.6 is 15.6 Å². The van der Waals surface area contributed by atoms with Crippen LogP contribution in [0.3, 0.4) is 0 Å². The van der Waals surface area contributed by atoms with Gasteiger partial charge in [-0.3, -0.25) is 0 Å². The molecule has 0 spiro atoms. The van der Waals surface area contributed by atoms with E-state index >= 15 is 0 Å². The Morgan fingerprint density at radius 1 is 0.478 bits per heavy atom. The van der Waals surface area contributed by atoms with Crippen molar-refractivity contribution in [2.45, 2.75) is 203 Å². The summed E-state index contributed by atoms with van der Waals surface area (Å²) in [6, 6.07) is 16.9. The molecular weight excluding hydrogens is 897 g/mol. The van der Waals surface area contributed by atoms with Crippen LogP contribution in [-0.2, 0) is 62.9 Å². The van der Waals surface area contributed by atoms with Crippen molar-refractivity contribution in [2.75, 3.05) is 0 Å². The van der Waals surface area contributed by atoms with Gasteiger partial charge in [0.25, 0.3) is 0 Å². The topological polar surface area (TPSA) is 117 Å². The van der Waals surface area contributed by atoms with Gasteiger partial charge in [-0.1, -0.05) is 179 Å². The number of hydrogen-bond donors (Lipinski definition) is 0. The molecule has 0 unspecified atom stereocenters. The fourth-order valence-electron chi connectivity index (χ4n) is 8.81. The van der Waals surface area contributed by atoms with Gasteiger partial charge >= 0.3 is 74.8 Å². The van der Waals surface area contributed by atoms with Crippen LogP contribution in [-0.4, -0.2) is 0 Å². The molecular formula is C55H78Na2O8P2. The maximum absolute atomic E-state index is 13.3. The van der Waals surface area contributed by atoms with Gasteiger partial charge in [0.1, 0.15) is 23.0 Å². The second kappa shape index (κ2) is 22.9. The Labute approximate surface area is 449 Å². The molecule has 0 atom stereocenters. The average molecular weight is 975 g/mol. The van der Waals surface area contributed by atoms with Crippen LogP contribution in [0.1, 0.15) is 216 Å². The first-order valence-electron chi connectivity index (χ1n) is 24.0. The quantitative estimate of drug-likeness (QED) is 0.127. The van der Waals surface area contributed by atoms with Crippen molar-refractivity contribution in [3.05, 3.63) is 115 Å². The molecule has 12 heteroatoms. The van der Waals surface area contributed by atoms with Crippen molar-refractivity contribution in [1.29, 1.82) is 0 Å². The number of fused-ring (bicyclic) bond motifs is 4. The molecule has 0 radical (unpaired) electrons. The predicted molar refractivity (Wildman–Crippen MR) is 265 cm³/mol. The largest absolute Gasteiger partial charge is 1.00 e. The van der Waals surface area contributed by atoms with Crippen molar-refractivity contribution in [3.63, 3.8) is 0 Å². The van der Waals surface area contributed by atoms with Crippen LogP contribution in [0.25, 0.3) is 0 Å². The Bertz CT molecular complexity index is 2310. The van der Waals surface area contributed by atoms with Gasteiger partial charge in [0.15, 0.2) is 0 Å². The van der Waals surface area contributed by atoms with Crippen LogP contribution in [0.4, 0.5) is 0 Å². The van der Waals surface area contributed by atoms with E-state index in [4.69, 9.17) is 18.1 Å². The molecule has 0 saturated heterocycles. The van der Waals surface area contributed by atoms with E-state index < -0.39 is 15.6 Å². The molecule has 0 bridgehead atoms. The SMILES string of the molecule is CCCCc1cc2c(c(C(C)(C)C)c1)OP(=O)([O-])Oc1c(cc(CCCC)cc1C(C)(C)C)C2C.CCc1cc2c(c(C(C)(C)C)c1)OP(=O)([O-])Oc1c(cc(CC)cc1C(C)(C)C)C2.[Na+].[Na+]. The summed E-state index contributed by atoms with van der Waals surface area (Å²) >= 11 is 0. The number of hydrogen-bond acceptors (Lipinski definition) is 8. The third-order valence-electron chi connectivity index (χ3n) is 12.6. The Kier molecular flexibility index (Phi) is 20.4. The van der Waals surface area contributed by atoms with Crippen LogP contribution in [0, 0.1) is 0 Å². The molecule has 8 nitrogen and oxygen atoms in total. The number of benzene rings is 4. The Morgan fingerprint density at radius 3 is 1.04 bits per heavy atom. The molecule has 0 aromatic heterocycles. The van der Waals surface area contributed by atoms with E-state index in [9.17, 15) is 18.9 Å². The Balaban J connectivity index is 0.000000349. The summed E-state index contributed by atoms with van der Waals surface area (Å²) in [6.45, 7) is 35.8. The standard InChI is InChI=1S/C30H45O4P.C25H35O4P.2Na/c1-10-12-14-21-16-23-20(3)24-17-22(15-13-11-2)19-26(30(7,8)9)28(24)34-35(31,32)33-27(23)25(18-21)29(4,5)6;1-9-16-11-18-15-19-12-17(10-2)14-21(25(6,7)8)23(19)29-30(26,27)28-22(18)20(13-16)24(3,4)5;;/h16-20H,10-15H2,1-9H3,(H,31,32);11-14H,9-10,15H2,1-8H3,(H,26,27);;/q;;2*+1/p-2. The number of rotatable bonds is 8. The summed E-state index contributed by atoms with van der Waals surface area (Å²) in [5, 5.41) is 0. The van der Waals surface area contributed by atoms with Crippen molar-refractivity contribution in [2.24, 2.45) is 0 Å². The number of phosphoric acid groups is 2. The van der Waals surface area contributed by atoms with E-state index in [1.165, 1.54) is 22.3 Å². The zero-order chi connectivity index (χ0) is 48.7. The Hall–Kier alpha value is -1.54. The van der Waals surface area contributed by atoms with Gasteiger partial charge in [0, 0.05) is 45.7 Å². The van der Waals surface area contributed by atoms with Gasteiger partial charge in [-0.2, -0.15) is 0 Å². The minimum absolute atomic E-state index is 0. The molecule has 0 amide bonds. The van der Waals surface area contributed by atoms with E-state index in [-0.39, 0.29) is 86.7 Å². The molecule has 4 aromatic rings. The molecule has 2 aliphatic rings. The zero-order valence-corrected chi connectivity index (χ0v) is 50.5. The monoisotopic (exact) mass is 974 g/mol. The van der Waals surface area contributed by atoms with Crippen molar-refractivity contribution in [1.82, 2.24) is 0 Å². The van der Waals surface area contributed by atoms with Gasteiger partial charge in [-0.05, 0) is 93.6 Å². The first-order valence-corrected chi connectivity index (χ1v) is 26.9. The van der Waals surface area contributed by atoms with Gasteiger partial charge < -0.3 is 27.9 Å². The maximum atomic E-state index is 13.3. The average Bonchev–Trinajstić information content (AvgIpc) is 3.17. The zero-order valence-electron chi connectivity index (χ0n) is 44.7.